The number of nitrogens with one attached hydrogen (secondary N) is 1. The molecule has 0 fully saturated rings. The Kier molecular flexibility index (Phi) is 5.39. The van der Waals surface area contributed by atoms with Crippen LogP contribution in [0.5, 0.6) is 0 Å². The second-order valence-corrected chi connectivity index (χ2v) is 6.58. The summed E-state index contributed by atoms with van der Waals surface area (Å²) in [5.74, 6) is -0.524. The molecule has 0 saturated carbocycles. The van der Waals surface area contributed by atoms with Crippen LogP contribution in [0.4, 0.5) is 0 Å². The Bertz CT molecular complexity index is 533. The van der Waals surface area contributed by atoms with Crippen LogP contribution in [0.2, 0.25) is 0 Å². The van der Waals surface area contributed by atoms with E-state index in [1.54, 1.807) is 0 Å². The van der Waals surface area contributed by atoms with Gasteiger partial charge in [-0.25, -0.2) is 8.42 Å². The van der Waals surface area contributed by atoms with Crippen molar-refractivity contribution in [1.82, 2.24) is 9.88 Å². The van der Waals surface area contributed by atoms with E-state index in [0.29, 0.717) is 5.75 Å². The zero-order valence-corrected chi connectivity index (χ0v) is 12.5. The molecular weight excluding hydrogens is 292 g/mol. The van der Waals surface area contributed by atoms with Crippen LogP contribution in [0.15, 0.2) is 9.42 Å². The number of aryl methyl sites for hydroxylation is 2. The Balaban J connectivity index is 2.98. The average molecular weight is 308 g/mol. The summed E-state index contributed by atoms with van der Waals surface area (Å²) in [6, 6.07) is -1.16. The largest absolute Gasteiger partial charge is 0.480 e. The number of hydrogen-bond acceptors (Lipinski definition) is 6. The fourth-order valence-corrected chi connectivity index (χ4v) is 3.60. The molecule has 1 aromatic rings. The van der Waals surface area contributed by atoms with Gasteiger partial charge in [0.25, 0.3) is 0 Å². The van der Waals surface area contributed by atoms with Crippen molar-refractivity contribution in [3.8, 4) is 0 Å². The molecule has 0 amide bonds. The van der Waals surface area contributed by atoms with E-state index >= 15 is 0 Å². The fraction of sp³-hybridized carbons (Fsp3) is 0.600. The minimum Gasteiger partial charge on any atom is -0.480 e. The third-order valence-electron chi connectivity index (χ3n) is 2.44. The molecule has 2 N–H and O–H groups in total. The van der Waals surface area contributed by atoms with Gasteiger partial charge >= 0.3 is 5.97 Å². The second-order valence-electron chi connectivity index (χ2n) is 3.95. The van der Waals surface area contributed by atoms with Crippen molar-refractivity contribution >= 4 is 27.8 Å². The maximum atomic E-state index is 12.1. The number of aliphatic carboxylic acids is 1. The van der Waals surface area contributed by atoms with Gasteiger partial charge in [0.15, 0.2) is 5.76 Å². The summed E-state index contributed by atoms with van der Waals surface area (Å²) < 4.78 is 31.2. The highest BCUT2D eigenvalue weighted by Crippen LogP contribution is 2.19. The van der Waals surface area contributed by atoms with Crippen molar-refractivity contribution in [2.24, 2.45) is 0 Å². The lowest BCUT2D eigenvalue weighted by atomic mass is 10.2. The van der Waals surface area contributed by atoms with Crippen molar-refractivity contribution in [2.75, 3.05) is 12.0 Å². The lowest BCUT2D eigenvalue weighted by Gasteiger charge is -2.13. The highest BCUT2D eigenvalue weighted by atomic mass is 32.2. The van der Waals surface area contributed by atoms with Gasteiger partial charge < -0.3 is 9.63 Å². The molecule has 1 heterocycles. The van der Waals surface area contributed by atoms with Gasteiger partial charge in [-0.15, -0.1) is 0 Å². The lowest BCUT2D eigenvalue weighted by Crippen LogP contribution is -2.41. The topological polar surface area (TPSA) is 110 Å². The van der Waals surface area contributed by atoms with Crippen LogP contribution in [-0.4, -0.2) is 42.7 Å². The van der Waals surface area contributed by atoms with Gasteiger partial charge in [0.1, 0.15) is 16.6 Å². The zero-order valence-electron chi connectivity index (χ0n) is 10.8. The van der Waals surface area contributed by atoms with Crippen molar-refractivity contribution in [3.63, 3.8) is 0 Å². The van der Waals surface area contributed by atoms with E-state index in [1.807, 2.05) is 6.26 Å². The van der Waals surface area contributed by atoms with Crippen molar-refractivity contribution in [1.29, 1.82) is 0 Å². The molecule has 0 bridgehead atoms. The average Bonchev–Trinajstić information content (AvgIpc) is 2.64. The standard InChI is InChI=1S/C10H16N2O5S2/c1-6-9(7(2)17-11-6)19(15,16)12-8(10(13)14)4-5-18-3/h8,12H,4-5H2,1-3H3,(H,13,14). The molecule has 1 rings (SSSR count). The molecule has 108 valence electrons. The molecule has 0 radical (unpaired) electrons. The number of aromatic nitrogens is 1. The van der Waals surface area contributed by atoms with Gasteiger partial charge in [-0.1, -0.05) is 5.16 Å². The first-order valence-electron chi connectivity index (χ1n) is 5.46. The number of hydrogen-bond donors (Lipinski definition) is 2. The molecule has 0 aliphatic carbocycles. The van der Waals surface area contributed by atoms with Crippen molar-refractivity contribution in [3.05, 3.63) is 11.5 Å². The lowest BCUT2D eigenvalue weighted by molar-refractivity contribution is -0.139. The summed E-state index contributed by atoms with van der Waals surface area (Å²) in [5.41, 5.74) is 0.207. The van der Waals surface area contributed by atoms with E-state index in [-0.39, 0.29) is 22.8 Å². The Morgan fingerprint density at radius 1 is 1.53 bits per heavy atom. The van der Waals surface area contributed by atoms with Gasteiger partial charge in [0, 0.05) is 0 Å². The number of carbonyl (C=O) groups is 1. The Morgan fingerprint density at radius 2 is 2.16 bits per heavy atom. The van der Waals surface area contributed by atoms with E-state index < -0.39 is 22.0 Å². The molecule has 1 aromatic heterocycles. The normalized spacial score (nSPS) is 13.4. The second kappa shape index (κ2) is 6.40. The van der Waals surface area contributed by atoms with E-state index in [4.69, 9.17) is 9.63 Å². The van der Waals surface area contributed by atoms with Crippen LogP contribution >= 0.6 is 11.8 Å². The van der Waals surface area contributed by atoms with Crippen LogP contribution in [-0.2, 0) is 14.8 Å². The Morgan fingerprint density at radius 3 is 2.58 bits per heavy atom. The van der Waals surface area contributed by atoms with Crippen molar-refractivity contribution < 1.29 is 22.8 Å². The first-order chi connectivity index (χ1) is 8.79. The first-order valence-corrected chi connectivity index (χ1v) is 8.34. The van der Waals surface area contributed by atoms with Crippen LogP contribution in [0.3, 0.4) is 0 Å². The first kappa shape index (κ1) is 16.0. The molecule has 7 nitrogen and oxygen atoms in total. The summed E-state index contributed by atoms with van der Waals surface area (Å²) in [7, 11) is -3.95. The van der Waals surface area contributed by atoms with Gasteiger partial charge in [0.2, 0.25) is 10.0 Å². The third-order valence-corrected chi connectivity index (χ3v) is 4.80. The summed E-state index contributed by atoms with van der Waals surface area (Å²) >= 11 is 1.45. The smallest absolute Gasteiger partial charge is 0.321 e. The molecule has 1 unspecified atom stereocenters. The molecule has 0 aliphatic rings. The van der Waals surface area contributed by atoms with Crippen LogP contribution < -0.4 is 4.72 Å². The highest BCUT2D eigenvalue weighted by molar-refractivity contribution is 7.98. The minimum absolute atomic E-state index is 0.0945. The van der Waals surface area contributed by atoms with Crippen LogP contribution in [0.1, 0.15) is 17.9 Å². The minimum atomic E-state index is -3.95. The molecular formula is C10H16N2O5S2. The Labute approximate surface area is 115 Å². The number of rotatable bonds is 7. The monoisotopic (exact) mass is 308 g/mol. The number of nitrogens with zero attached hydrogens (tertiary/aromatic N) is 1. The van der Waals surface area contributed by atoms with Crippen LogP contribution in [0.25, 0.3) is 0 Å². The number of sulfonamides is 1. The molecule has 0 aromatic carbocycles. The number of thioether (sulfide) groups is 1. The van der Waals surface area contributed by atoms with Crippen molar-refractivity contribution in [2.45, 2.75) is 31.2 Å². The molecule has 0 spiro atoms. The quantitative estimate of drug-likeness (QED) is 0.765. The summed E-state index contributed by atoms with van der Waals surface area (Å²) in [5, 5.41) is 12.6. The van der Waals surface area contributed by atoms with E-state index in [2.05, 4.69) is 9.88 Å². The Hall–Kier alpha value is -1.06. The molecule has 0 aliphatic heterocycles. The predicted octanol–water partition coefficient (Wildman–Crippen LogP) is 0.776. The number of carboxylic acids is 1. The molecule has 19 heavy (non-hydrogen) atoms. The summed E-state index contributed by atoms with van der Waals surface area (Å²) in [6.45, 7) is 2.95. The summed E-state index contributed by atoms with van der Waals surface area (Å²) in [6.07, 6.45) is 2.03. The molecule has 9 heteroatoms. The van der Waals surface area contributed by atoms with E-state index in [9.17, 15) is 13.2 Å². The predicted molar refractivity (Wildman–Crippen MR) is 70.7 cm³/mol. The summed E-state index contributed by atoms with van der Waals surface area (Å²) in [4.78, 5) is 11.0. The fourth-order valence-electron chi connectivity index (χ4n) is 1.57. The SMILES string of the molecule is CSCCC(NS(=O)(=O)c1c(C)noc1C)C(=O)O. The highest BCUT2D eigenvalue weighted by Gasteiger charge is 2.29. The molecule has 1 atom stereocenters. The van der Waals surface area contributed by atoms with Gasteiger partial charge in [-0.05, 0) is 32.3 Å². The van der Waals surface area contributed by atoms with E-state index in [1.165, 1.54) is 25.6 Å². The molecule has 0 saturated heterocycles. The van der Waals surface area contributed by atoms with Gasteiger partial charge in [0.05, 0.1) is 0 Å². The number of carboxylic acid groups (broad SMARTS) is 1. The maximum Gasteiger partial charge on any atom is 0.321 e. The van der Waals surface area contributed by atoms with E-state index in [0.717, 1.165) is 0 Å². The zero-order chi connectivity index (χ0) is 14.6. The van der Waals surface area contributed by atoms with Gasteiger partial charge in [-0.2, -0.15) is 16.5 Å². The van der Waals surface area contributed by atoms with Crippen LogP contribution in [0, 0.1) is 13.8 Å². The van der Waals surface area contributed by atoms with Gasteiger partial charge in [-0.3, -0.25) is 4.79 Å². The third kappa shape index (κ3) is 3.95. The maximum absolute atomic E-state index is 12.1.